The van der Waals surface area contributed by atoms with Crippen molar-refractivity contribution in [3.05, 3.63) is 65.0 Å². The third-order valence-corrected chi connectivity index (χ3v) is 2.79. The number of Topliss-reactive ketones (excluding diaryl/α,β-unsaturated/α-hetero) is 1. The van der Waals surface area contributed by atoms with Crippen LogP contribution in [-0.4, -0.2) is 5.78 Å². The number of benzene rings is 2. The van der Waals surface area contributed by atoms with Crippen LogP contribution in [0.25, 0.3) is 5.32 Å². The average Bonchev–Trinajstić information content (AvgIpc) is 2.45. The molecule has 0 saturated carbocycles. The summed E-state index contributed by atoms with van der Waals surface area (Å²) in [5.41, 5.74) is 3.40. The summed E-state index contributed by atoms with van der Waals surface area (Å²) < 4.78 is 0. The zero-order valence-electron chi connectivity index (χ0n) is 9.26. The number of carbonyl (C=O) groups excluding carboxylic acids is 1. The molecule has 0 N–H and O–H groups in total. The number of hydrogen-bond donors (Lipinski definition) is 0. The van der Waals surface area contributed by atoms with Crippen molar-refractivity contribution in [1.29, 1.82) is 0 Å². The molecule has 0 aliphatic carbocycles. The molecule has 3 rings (SSSR count). The van der Waals surface area contributed by atoms with Gasteiger partial charge in [-0.05, 0) is 0 Å². The Bertz CT molecular complexity index is 566. The second kappa shape index (κ2) is 5.11. The van der Waals surface area contributed by atoms with Crippen molar-refractivity contribution < 1.29 is 37.5 Å². The fraction of sp³-hybridized carbons (Fsp3) is 0.0714. The first-order valence-corrected chi connectivity index (χ1v) is 5.26. The zero-order valence-corrected chi connectivity index (χ0v) is 12.1. The average molecular weight is 297 g/mol. The van der Waals surface area contributed by atoms with Crippen molar-refractivity contribution in [3.63, 3.8) is 0 Å². The van der Waals surface area contributed by atoms with Crippen LogP contribution in [0.2, 0.25) is 0 Å². The molecular formula is C14H10NOY-. The number of rotatable bonds is 0. The van der Waals surface area contributed by atoms with Crippen LogP contribution in [0.15, 0.2) is 48.5 Å². The van der Waals surface area contributed by atoms with Crippen molar-refractivity contribution >= 4 is 17.2 Å². The number of ketones is 1. The van der Waals surface area contributed by atoms with Gasteiger partial charge < -0.3 is 5.32 Å². The molecule has 0 spiro atoms. The Morgan fingerprint density at radius 3 is 2.35 bits per heavy atom. The molecule has 0 bridgehead atoms. The van der Waals surface area contributed by atoms with Crippen LogP contribution in [0, 0.1) is 0 Å². The van der Waals surface area contributed by atoms with Crippen molar-refractivity contribution in [2.45, 2.75) is 6.42 Å². The van der Waals surface area contributed by atoms with Crippen LogP contribution in [0.1, 0.15) is 15.9 Å². The van der Waals surface area contributed by atoms with E-state index in [-0.39, 0.29) is 38.5 Å². The molecule has 0 aromatic heterocycles. The summed E-state index contributed by atoms with van der Waals surface area (Å²) in [6.45, 7) is 0. The van der Waals surface area contributed by atoms with E-state index in [1.54, 1.807) is 0 Å². The Hall–Kier alpha value is -0.986. The number of carbonyl (C=O) groups is 1. The van der Waals surface area contributed by atoms with Gasteiger partial charge in [0.2, 0.25) is 0 Å². The summed E-state index contributed by atoms with van der Waals surface area (Å²) in [4.78, 5) is 12.0. The summed E-state index contributed by atoms with van der Waals surface area (Å²) in [5, 5.41) is 4.53. The van der Waals surface area contributed by atoms with E-state index in [2.05, 4.69) is 5.32 Å². The van der Waals surface area contributed by atoms with E-state index in [4.69, 9.17) is 0 Å². The first-order chi connectivity index (χ1) is 7.84. The molecule has 0 amide bonds. The number of nitrogens with zero attached hydrogens (tertiary/aromatic N) is 1. The van der Waals surface area contributed by atoms with Gasteiger partial charge in [-0.1, -0.05) is 54.1 Å². The predicted octanol–water partition coefficient (Wildman–Crippen LogP) is 3.76. The molecule has 1 aliphatic rings. The fourth-order valence-electron chi connectivity index (χ4n) is 1.97. The van der Waals surface area contributed by atoms with Crippen molar-refractivity contribution in [2.75, 3.05) is 0 Å². The van der Waals surface area contributed by atoms with Gasteiger partial charge in [0.05, 0.1) is 0 Å². The van der Waals surface area contributed by atoms with E-state index in [9.17, 15) is 4.79 Å². The molecule has 0 fully saturated rings. The first-order valence-electron chi connectivity index (χ1n) is 5.26. The second-order valence-electron chi connectivity index (χ2n) is 3.86. The molecule has 3 heteroatoms. The maximum atomic E-state index is 12.0. The van der Waals surface area contributed by atoms with Gasteiger partial charge in [0.25, 0.3) is 0 Å². The van der Waals surface area contributed by atoms with Gasteiger partial charge in [-0.25, -0.2) is 0 Å². The van der Waals surface area contributed by atoms with Crippen LogP contribution >= 0.6 is 0 Å². The van der Waals surface area contributed by atoms with Gasteiger partial charge >= 0.3 is 0 Å². The molecule has 2 nitrogen and oxygen atoms in total. The Morgan fingerprint density at radius 2 is 1.53 bits per heavy atom. The molecule has 0 unspecified atom stereocenters. The van der Waals surface area contributed by atoms with Crippen LogP contribution in [0.5, 0.6) is 0 Å². The van der Waals surface area contributed by atoms with Gasteiger partial charge in [-0.2, -0.15) is 0 Å². The Morgan fingerprint density at radius 1 is 0.882 bits per heavy atom. The summed E-state index contributed by atoms with van der Waals surface area (Å²) in [6, 6.07) is 15.3. The number of fused-ring (bicyclic) bond motifs is 2. The second-order valence-corrected chi connectivity index (χ2v) is 3.86. The van der Waals surface area contributed by atoms with Crippen molar-refractivity contribution in [1.82, 2.24) is 0 Å². The summed E-state index contributed by atoms with van der Waals surface area (Å²) in [5.74, 6) is 0.143. The molecule has 0 atom stereocenters. The van der Waals surface area contributed by atoms with Gasteiger partial charge in [0.1, 0.15) is 0 Å². The molecule has 81 valence electrons. The third-order valence-electron chi connectivity index (χ3n) is 2.79. The van der Waals surface area contributed by atoms with Gasteiger partial charge in [0, 0.05) is 44.7 Å². The summed E-state index contributed by atoms with van der Waals surface area (Å²) in [7, 11) is 0. The summed E-state index contributed by atoms with van der Waals surface area (Å²) in [6.07, 6.45) is 0.441. The topological polar surface area (TPSA) is 31.2 Å². The molecule has 1 radical (unpaired) electrons. The first kappa shape index (κ1) is 12.5. The zero-order chi connectivity index (χ0) is 11.0. The molecule has 2 aromatic rings. The smallest absolute Gasteiger partial charge is 0.165 e. The number of hydrogen-bond acceptors (Lipinski definition) is 1. The molecule has 17 heavy (non-hydrogen) atoms. The minimum Gasteiger partial charge on any atom is -0.657 e. The SMILES string of the molecule is O=C1Cc2ccccc2[N-]c2ccccc21.[Y]. The van der Waals surface area contributed by atoms with Gasteiger partial charge in [-0.15, -0.1) is 11.4 Å². The number of para-hydroxylation sites is 2. The van der Waals surface area contributed by atoms with E-state index in [0.29, 0.717) is 6.42 Å². The Kier molecular flexibility index (Phi) is 3.75. The predicted molar refractivity (Wildman–Crippen MR) is 63.6 cm³/mol. The molecule has 1 heterocycles. The van der Waals surface area contributed by atoms with E-state index in [0.717, 1.165) is 22.5 Å². The maximum Gasteiger partial charge on any atom is 0.165 e. The van der Waals surface area contributed by atoms with E-state index in [1.165, 1.54) is 0 Å². The molecule has 0 saturated heterocycles. The van der Waals surface area contributed by atoms with E-state index in [1.807, 2.05) is 48.5 Å². The molecule has 1 aliphatic heterocycles. The van der Waals surface area contributed by atoms with Gasteiger partial charge in [-0.3, -0.25) is 4.79 Å². The van der Waals surface area contributed by atoms with E-state index >= 15 is 0 Å². The standard InChI is InChI=1S/C14H11NO.Y/c16-14-9-10-5-1-3-7-12(10)15-13-8-4-2-6-11(13)14;/h1-8H,9H2,(H,15,16);/p-1. The minimum absolute atomic E-state index is 0. The van der Waals surface area contributed by atoms with Crippen LogP contribution < -0.4 is 0 Å². The monoisotopic (exact) mass is 297 g/mol. The third kappa shape index (κ3) is 2.33. The Labute approximate surface area is 125 Å². The largest absolute Gasteiger partial charge is 0.657 e. The Balaban J connectivity index is 0.00000108. The van der Waals surface area contributed by atoms with E-state index < -0.39 is 0 Å². The van der Waals surface area contributed by atoms with Gasteiger partial charge in [0.15, 0.2) is 5.78 Å². The van der Waals surface area contributed by atoms with Crippen LogP contribution in [0.4, 0.5) is 11.4 Å². The van der Waals surface area contributed by atoms with Crippen molar-refractivity contribution in [3.8, 4) is 0 Å². The minimum atomic E-state index is 0. The summed E-state index contributed by atoms with van der Waals surface area (Å²) >= 11 is 0. The quantitative estimate of drug-likeness (QED) is 0.728. The van der Waals surface area contributed by atoms with Crippen molar-refractivity contribution in [2.24, 2.45) is 0 Å². The van der Waals surface area contributed by atoms with Crippen LogP contribution in [-0.2, 0) is 39.1 Å². The molecular weight excluding hydrogens is 287 g/mol. The maximum absolute atomic E-state index is 12.0. The van der Waals surface area contributed by atoms with Crippen LogP contribution in [0.3, 0.4) is 0 Å². The normalized spacial score (nSPS) is 12.6. The molecule has 2 aromatic carbocycles. The fourth-order valence-corrected chi connectivity index (χ4v) is 1.97.